The highest BCUT2D eigenvalue weighted by atomic mass is 16.3. The van der Waals surface area contributed by atoms with Crippen LogP contribution in [0.4, 0.5) is 0 Å². The van der Waals surface area contributed by atoms with Crippen LogP contribution >= 0.6 is 0 Å². The summed E-state index contributed by atoms with van der Waals surface area (Å²) in [6, 6.07) is 27.5. The van der Waals surface area contributed by atoms with Gasteiger partial charge in [-0.05, 0) is 46.6 Å². The van der Waals surface area contributed by atoms with Crippen molar-refractivity contribution in [1.82, 2.24) is 0 Å². The molecule has 0 bridgehead atoms. The molecule has 0 aliphatic heterocycles. The Kier molecular flexibility index (Phi) is 3.72. The Morgan fingerprint density at radius 2 is 1.35 bits per heavy atom. The highest BCUT2D eigenvalue weighted by Gasteiger charge is 2.26. The summed E-state index contributed by atoms with van der Waals surface area (Å²) in [5.74, 6) is 0.393. The molecule has 3 aromatic carbocycles. The minimum absolute atomic E-state index is 0.348. The van der Waals surface area contributed by atoms with E-state index in [1.807, 2.05) is 12.1 Å². The average Bonchev–Trinajstić information content (AvgIpc) is 2.63. The standard InChI is InChI=1S/C22H20O/c23-22-15-20(14-19-8-4-5-9-21(19)22)18-12-10-17(11-13-18)16-6-2-1-3-7-16/h1-13,20,22-23H,14-15H2. The van der Waals surface area contributed by atoms with Crippen molar-refractivity contribution in [2.45, 2.75) is 24.9 Å². The van der Waals surface area contributed by atoms with Crippen molar-refractivity contribution in [3.05, 3.63) is 95.6 Å². The van der Waals surface area contributed by atoms with Crippen molar-refractivity contribution >= 4 is 0 Å². The lowest BCUT2D eigenvalue weighted by molar-refractivity contribution is 0.147. The van der Waals surface area contributed by atoms with Gasteiger partial charge in [-0.1, -0.05) is 78.9 Å². The molecule has 0 radical (unpaired) electrons. The van der Waals surface area contributed by atoms with Gasteiger partial charge in [0.25, 0.3) is 0 Å². The topological polar surface area (TPSA) is 20.2 Å². The number of hydrogen-bond donors (Lipinski definition) is 1. The molecular weight excluding hydrogens is 280 g/mol. The molecule has 1 nitrogen and oxygen atoms in total. The fraction of sp³-hybridized carbons (Fsp3) is 0.182. The molecule has 0 fully saturated rings. The Morgan fingerprint density at radius 1 is 0.696 bits per heavy atom. The summed E-state index contributed by atoms with van der Waals surface area (Å²) in [7, 11) is 0. The second-order valence-electron chi connectivity index (χ2n) is 6.34. The number of rotatable bonds is 2. The lowest BCUT2D eigenvalue weighted by Crippen LogP contribution is -2.17. The first kappa shape index (κ1) is 14.2. The van der Waals surface area contributed by atoms with Gasteiger partial charge in [0.05, 0.1) is 6.10 Å². The summed E-state index contributed by atoms with van der Waals surface area (Å²) in [6.07, 6.45) is 1.47. The number of aliphatic hydroxyl groups is 1. The van der Waals surface area contributed by atoms with Crippen LogP contribution < -0.4 is 0 Å². The predicted molar refractivity (Wildman–Crippen MR) is 94.3 cm³/mol. The van der Waals surface area contributed by atoms with E-state index in [1.54, 1.807) is 0 Å². The van der Waals surface area contributed by atoms with Gasteiger partial charge >= 0.3 is 0 Å². The van der Waals surface area contributed by atoms with Crippen molar-refractivity contribution in [2.75, 3.05) is 0 Å². The quantitative estimate of drug-likeness (QED) is 0.696. The zero-order chi connectivity index (χ0) is 15.6. The lowest BCUT2D eigenvalue weighted by Gasteiger charge is -2.29. The largest absolute Gasteiger partial charge is 0.388 e. The van der Waals surface area contributed by atoms with Crippen LogP contribution in [0.1, 0.15) is 35.1 Å². The normalized spacial score (nSPS) is 20.0. The van der Waals surface area contributed by atoms with Gasteiger partial charge in [-0.2, -0.15) is 0 Å². The molecular formula is C22H20O. The molecule has 4 rings (SSSR count). The predicted octanol–water partition coefficient (Wildman–Crippen LogP) is 5.12. The number of aliphatic hydroxyl groups excluding tert-OH is 1. The Balaban J connectivity index is 1.60. The van der Waals surface area contributed by atoms with Crippen molar-refractivity contribution in [1.29, 1.82) is 0 Å². The first-order chi connectivity index (χ1) is 11.3. The molecule has 3 aromatic rings. The van der Waals surface area contributed by atoms with Gasteiger partial charge in [0.1, 0.15) is 0 Å². The molecule has 2 unspecified atom stereocenters. The average molecular weight is 300 g/mol. The van der Waals surface area contributed by atoms with Gasteiger partial charge in [0.2, 0.25) is 0 Å². The molecule has 1 N–H and O–H groups in total. The van der Waals surface area contributed by atoms with E-state index in [0.717, 1.165) is 18.4 Å². The van der Waals surface area contributed by atoms with Crippen LogP contribution in [-0.4, -0.2) is 5.11 Å². The van der Waals surface area contributed by atoms with Gasteiger partial charge in [-0.15, -0.1) is 0 Å². The molecule has 0 saturated carbocycles. The van der Waals surface area contributed by atoms with Gasteiger partial charge in [-0.25, -0.2) is 0 Å². The van der Waals surface area contributed by atoms with Crippen LogP contribution in [0.15, 0.2) is 78.9 Å². The van der Waals surface area contributed by atoms with Crippen molar-refractivity contribution < 1.29 is 5.11 Å². The van der Waals surface area contributed by atoms with Gasteiger partial charge < -0.3 is 5.11 Å². The second kappa shape index (κ2) is 6.02. The Hall–Kier alpha value is -2.38. The smallest absolute Gasteiger partial charge is 0.0798 e. The zero-order valence-electron chi connectivity index (χ0n) is 13.0. The van der Waals surface area contributed by atoms with Crippen LogP contribution in [0.3, 0.4) is 0 Å². The van der Waals surface area contributed by atoms with Crippen LogP contribution in [0, 0.1) is 0 Å². The van der Waals surface area contributed by atoms with Crippen LogP contribution in [-0.2, 0) is 6.42 Å². The molecule has 114 valence electrons. The maximum absolute atomic E-state index is 10.4. The molecule has 0 saturated heterocycles. The third kappa shape index (κ3) is 2.80. The minimum Gasteiger partial charge on any atom is -0.388 e. The molecule has 23 heavy (non-hydrogen) atoms. The molecule has 2 atom stereocenters. The van der Waals surface area contributed by atoms with Gasteiger partial charge in [0, 0.05) is 0 Å². The highest BCUT2D eigenvalue weighted by Crippen LogP contribution is 2.38. The van der Waals surface area contributed by atoms with Crippen molar-refractivity contribution in [3.63, 3.8) is 0 Å². The third-order valence-corrected chi connectivity index (χ3v) is 4.88. The van der Waals surface area contributed by atoms with E-state index in [-0.39, 0.29) is 6.10 Å². The number of hydrogen-bond acceptors (Lipinski definition) is 1. The monoisotopic (exact) mass is 300 g/mol. The molecule has 1 heteroatoms. The molecule has 1 aliphatic rings. The van der Waals surface area contributed by atoms with E-state index >= 15 is 0 Å². The fourth-order valence-corrected chi connectivity index (χ4v) is 3.62. The number of fused-ring (bicyclic) bond motifs is 1. The van der Waals surface area contributed by atoms with E-state index in [1.165, 1.54) is 22.3 Å². The van der Waals surface area contributed by atoms with Crippen molar-refractivity contribution in [2.24, 2.45) is 0 Å². The summed E-state index contributed by atoms with van der Waals surface area (Å²) in [5, 5.41) is 10.4. The molecule has 0 aromatic heterocycles. The summed E-state index contributed by atoms with van der Waals surface area (Å²) >= 11 is 0. The Labute approximate surface area is 137 Å². The Bertz CT molecular complexity index is 790. The lowest BCUT2D eigenvalue weighted by atomic mass is 9.78. The second-order valence-corrected chi connectivity index (χ2v) is 6.34. The summed E-state index contributed by atoms with van der Waals surface area (Å²) in [5.41, 5.74) is 6.19. The molecule has 0 heterocycles. The maximum Gasteiger partial charge on any atom is 0.0798 e. The third-order valence-electron chi connectivity index (χ3n) is 4.88. The fourth-order valence-electron chi connectivity index (χ4n) is 3.62. The van der Waals surface area contributed by atoms with E-state index < -0.39 is 0 Å². The molecule has 0 spiro atoms. The van der Waals surface area contributed by atoms with Crippen LogP contribution in [0.25, 0.3) is 11.1 Å². The maximum atomic E-state index is 10.4. The van der Waals surface area contributed by atoms with E-state index in [2.05, 4.69) is 66.7 Å². The van der Waals surface area contributed by atoms with Crippen molar-refractivity contribution in [3.8, 4) is 11.1 Å². The van der Waals surface area contributed by atoms with Crippen LogP contribution in [0.5, 0.6) is 0 Å². The molecule has 0 amide bonds. The highest BCUT2D eigenvalue weighted by molar-refractivity contribution is 5.63. The SMILES string of the molecule is OC1CC(c2ccc(-c3ccccc3)cc2)Cc2ccccc21. The zero-order valence-corrected chi connectivity index (χ0v) is 13.0. The van der Waals surface area contributed by atoms with Crippen LogP contribution in [0.2, 0.25) is 0 Å². The Morgan fingerprint density at radius 3 is 2.13 bits per heavy atom. The van der Waals surface area contributed by atoms with E-state index in [9.17, 15) is 5.11 Å². The van der Waals surface area contributed by atoms with E-state index in [0.29, 0.717) is 5.92 Å². The minimum atomic E-state index is -0.348. The van der Waals surface area contributed by atoms with E-state index in [4.69, 9.17) is 0 Å². The molecule has 1 aliphatic carbocycles. The summed E-state index contributed by atoms with van der Waals surface area (Å²) in [4.78, 5) is 0. The van der Waals surface area contributed by atoms with Gasteiger partial charge in [-0.3, -0.25) is 0 Å². The van der Waals surface area contributed by atoms with Gasteiger partial charge in [0.15, 0.2) is 0 Å². The first-order valence-corrected chi connectivity index (χ1v) is 8.22. The number of benzene rings is 3. The summed E-state index contributed by atoms with van der Waals surface area (Å²) in [6.45, 7) is 0. The first-order valence-electron chi connectivity index (χ1n) is 8.22. The summed E-state index contributed by atoms with van der Waals surface area (Å²) < 4.78 is 0.